The van der Waals surface area contributed by atoms with E-state index in [1.807, 2.05) is 0 Å². The van der Waals surface area contributed by atoms with Gasteiger partial charge in [-0.15, -0.1) is 0 Å². The minimum atomic E-state index is -0.540. The number of rotatable bonds is 46. The maximum absolute atomic E-state index is 12.7. The summed E-state index contributed by atoms with van der Waals surface area (Å²) in [6.45, 7) is 7.74. The lowest BCUT2D eigenvalue weighted by Crippen LogP contribution is -2.30. The fraction of sp³-hybridized carbons (Fsp3) is 0.811. The van der Waals surface area contributed by atoms with Gasteiger partial charge < -0.3 is 14.2 Å². The zero-order chi connectivity index (χ0) is 42.1. The fourth-order valence-corrected chi connectivity index (χ4v) is 7.05. The summed E-state index contributed by atoms with van der Waals surface area (Å²) in [5.74, 6) is -0.411. The number of hydrogen-bond donors (Lipinski definition) is 0. The van der Waals surface area contributed by atoms with E-state index >= 15 is 0 Å². The summed E-state index contributed by atoms with van der Waals surface area (Å²) in [4.78, 5) is 25.3. The predicted octanol–water partition coefficient (Wildman–Crippen LogP) is 16.8. The average Bonchev–Trinajstić information content (AvgIpc) is 3.22. The summed E-state index contributed by atoms with van der Waals surface area (Å²) in [5, 5.41) is 0. The van der Waals surface area contributed by atoms with Crippen molar-refractivity contribution >= 4 is 11.9 Å². The zero-order valence-corrected chi connectivity index (χ0v) is 38.8. The van der Waals surface area contributed by atoms with Gasteiger partial charge in [0.25, 0.3) is 0 Å². The number of unbranched alkanes of at least 4 members (excludes halogenated alkanes) is 27. The first-order chi connectivity index (χ1) is 28.6. The monoisotopic (exact) mass is 813 g/mol. The van der Waals surface area contributed by atoms with Crippen molar-refractivity contribution in [3.05, 3.63) is 48.6 Å². The van der Waals surface area contributed by atoms with Gasteiger partial charge in [0.2, 0.25) is 0 Å². The average molecular weight is 813 g/mol. The fourth-order valence-electron chi connectivity index (χ4n) is 7.05. The Kier molecular flexibility index (Phi) is 47.4. The van der Waals surface area contributed by atoms with Crippen LogP contribution in [0.3, 0.4) is 0 Å². The molecule has 58 heavy (non-hydrogen) atoms. The maximum atomic E-state index is 12.7. The van der Waals surface area contributed by atoms with Crippen molar-refractivity contribution in [3.63, 3.8) is 0 Å². The molecule has 0 aliphatic carbocycles. The van der Waals surface area contributed by atoms with E-state index in [-0.39, 0.29) is 25.2 Å². The normalized spacial score (nSPS) is 12.5. The topological polar surface area (TPSA) is 61.8 Å². The highest BCUT2D eigenvalue weighted by Crippen LogP contribution is 2.14. The molecule has 0 spiro atoms. The highest BCUT2D eigenvalue weighted by molar-refractivity contribution is 5.70. The molecule has 0 aliphatic heterocycles. The van der Waals surface area contributed by atoms with Gasteiger partial charge in [0.1, 0.15) is 6.61 Å². The van der Waals surface area contributed by atoms with Crippen molar-refractivity contribution in [2.75, 3.05) is 19.8 Å². The summed E-state index contributed by atoms with van der Waals surface area (Å²) in [5.41, 5.74) is 0. The highest BCUT2D eigenvalue weighted by Gasteiger charge is 2.17. The van der Waals surface area contributed by atoms with Crippen LogP contribution in [0.4, 0.5) is 0 Å². The molecule has 0 aromatic carbocycles. The summed E-state index contributed by atoms with van der Waals surface area (Å²) < 4.78 is 17.3. The van der Waals surface area contributed by atoms with Crippen LogP contribution in [0.15, 0.2) is 48.6 Å². The molecule has 0 rings (SSSR count). The minimum absolute atomic E-state index is 0.0798. The molecule has 0 N–H and O–H groups in total. The molecule has 1 unspecified atom stereocenters. The molecule has 0 heterocycles. The van der Waals surface area contributed by atoms with E-state index in [0.29, 0.717) is 19.4 Å². The zero-order valence-electron chi connectivity index (χ0n) is 38.8. The van der Waals surface area contributed by atoms with Crippen LogP contribution in [0.5, 0.6) is 0 Å². The van der Waals surface area contributed by atoms with E-state index < -0.39 is 6.10 Å². The molecule has 0 radical (unpaired) electrons. The molecule has 5 heteroatoms. The molecule has 1 atom stereocenters. The van der Waals surface area contributed by atoms with E-state index in [2.05, 4.69) is 69.4 Å². The molecular formula is C53H96O5. The quantitative estimate of drug-likeness (QED) is 0.0348. The summed E-state index contributed by atoms with van der Waals surface area (Å²) in [6.07, 6.45) is 59.7. The lowest BCUT2D eigenvalue weighted by atomic mass is 10.1. The van der Waals surface area contributed by atoms with Gasteiger partial charge in [-0.3, -0.25) is 9.59 Å². The Morgan fingerprint density at radius 2 is 0.759 bits per heavy atom. The van der Waals surface area contributed by atoms with E-state index in [9.17, 15) is 9.59 Å². The van der Waals surface area contributed by atoms with Gasteiger partial charge in [0, 0.05) is 19.4 Å². The summed E-state index contributed by atoms with van der Waals surface area (Å²) in [7, 11) is 0. The van der Waals surface area contributed by atoms with Crippen LogP contribution in [0.2, 0.25) is 0 Å². The van der Waals surface area contributed by atoms with Gasteiger partial charge in [-0.05, 0) is 77.0 Å². The molecule has 0 bridgehead atoms. The second-order valence-corrected chi connectivity index (χ2v) is 16.7. The molecule has 0 saturated heterocycles. The van der Waals surface area contributed by atoms with Crippen LogP contribution in [-0.2, 0) is 23.8 Å². The van der Waals surface area contributed by atoms with Crippen molar-refractivity contribution in [2.45, 2.75) is 258 Å². The van der Waals surface area contributed by atoms with Gasteiger partial charge in [-0.25, -0.2) is 0 Å². The van der Waals surface area contributed by atoms with Gasteiger partial charge in [0.15, 0.2) is 6.10 Å². The standard InChI is InChI=1S/C53H96O5/c1-4-7-10-13-16-19-22-24-25-26-27-28-29-31-32-34-37-40-43-46-52(54)57-50-51(49-56-48-45-42-39-36-21-18-15-12-9-6-3)58-53(55)47-44-41-38-35-33-30-23-20-17-14-11-8-5-2/h11,14,16,19-20,23-25,51H,4-10,12-13,15,17-18,21-22,26-50H2,1-3H3/b14-11-,19-16-,23-20-,25-24-. The molecule has 5 nitrogen and oxygen atoms in total. The lowest BCUT2D eigenvalue weighted by Gasteiger charge is -2.18. The van der Waals surface area contributed by atoms with E-state index in [4.69, 9.17) is 14.2 Å². The maximum Gasteiger partial charge on any atom is 0.306 e. The Hall–Kier alpha value is -2.14. The van der Waals surface area contributed by atoms with Gasteiger partial charge >= 0.3 is 11.9 Å². The first kappa shape index (κ1) is 55.9. The summed E-state index contributed by atoms with van der Waals surface area (Å²) >= 11 is 0. The Bertz CT molecular complexity index is 966. The van der Waals surface area contributed by atoms with E-state index in [0.717, 1.165) is 64.2 Å². The molecule has 0 amide bonds. The Morgan fingerprint density at radius 3 is 1.24 bits per heavy atom. The largest absolute Gasteiger partial charge is 0.462 e. The number of carbonyl (C=O) groups is 2. The van der Waals surface area contributed by atoms with Crippen LogP contribution in [0.25, 0.3) is 0 Å². The van der Waals surface area contributed by atoms with Crippen LogP contribution < -0.4 is 0 Å². The highest BCUT2D eigenvalue weighted by atomic mass is 16.6. The van der Waals surface area contributed by atoms with E-state index in [1.165, 1.54) is 154 Å². The van der Waals surface area contributed by atoms with Crippen LogP contribution in [0.1, 0.15) is 252 Å². The summed E-state index contributed by atoms with van der Waals surface area (Å²) in [6, 6.07) is 0. The van der Waals surface area contributed by atoms with E-state index in [1.54, 1.807) is 0 Å². The molecule has 0 aromatic heterocycles. The molecule has 0 saturated carbocycles. The van der Waals surface area contributed by atoms with Crippen LogP contribution >= 0.6 is 0 Å². The number of esters is 2. The third-order valence-electron chi connectivity index (χ3n) is 10.8. The number of ether oxygens (including phenoxy) is 3. The van der Waals surface area contributed by atoms with Crippen LogP contribution in [0, 0.1) is 0 Å². The van der Waals surface area contributed by atoms with Crippen molar-refractivity contribution < 1.29 is 23.8 Å². The molecule has 338 valence electrons. The molecule has 0 aromatic rings. The Morgan fingerprint density at radius 1 is 0.379 bits per heavy atom. The van der Waals surface area contributed by atoms with Gasteiger partial charge in [-0.1, -0.05) is 211 Å². The lowest BCUT2D eigenvalue weighted by molar-refractivity contribution is -0.163. The van der Waals surface area contributed by atoms with Crippen molar-refractivity contribution in [1.82, 2.24) is 0 Å². The SMILES string of the molecule is CCC/C=C\C/C=C\CCCCCCCC(=O)OC(COCCCCCCCCCCCC)COC(=O)CCCCCCCCCCC/C=C\C/C=C\CCCCC. The Labute approximate surface area is 361 Å². The number of hydrogen-bond acceptors (Lipinski definition) is 5. The second kappa shape index (κ2) is 49.2. The number of carbonyl (C=O) groups excluding carboxylic acids is 2. The molecular weight excluding hydrogens is 717 g/mol. The molecule has 0 aliphatic rings. The second-order valence-electron chi connectivity index (χ2n) is 16.7. The van der Waals surface area contributed by atoms with Gasteiger partial charge in [0.05, 0.1) is 6.61 Å². The third-order valence-corrected chi connectivity index (χ3v) is 10.8. The predicted molar refractivity (Wildman–Crippen MR) is 251 cm³/mol. The van der Waals surface area contributed by atoms with Crippen LogP contribution in [-0.4, -0.2) is 37.9 Å². The first-order valence-electron chi connectivity index (χ1n) is 25.2. The van der Waals surface area contributed by atoms with Crippen molar-refractivity contribution in [2.24, 2.45) is 0 Å². The molecule has 0 fully saturated rings. The smallest absolute Gasteiger partial charge is 0.306 e. The first-order valence-corrected chi connectivity index (χ1v) is 25.2. The third kappa shape index (κ3) is 46.5. The minimum Gasteiger partial charge on any atom is -0.462 e. The van der Waals surface area contributed by atoms with Crippen molar-refractivity contribution in [1.29, 1.82) is 0 Å². The number of allylic oxidation sites excluding steroid dienone is 8. The Balaban J connectivity index is 4.19. The van der Waals surface area contributed by atoms with Gasteiger partial charge in [-0.2, -0.15) is 0 Å². The van der Waals surface area contributed by atoms with Crippen molar-refractivity contribution in [3.8, 4) is 0 Å².